The van der Waals surface area contributed by atoms with Gasteiger partial charge in [-0.3, -0.25) is 0 Å². The van der Waals surface area contributed by atoms with E-state index in [0.29, 0.717) is 6.42 Å². The highest BCUT2D eigenvalue weighted by Gasteiger charge is 2.08. The topological polar surface area (TPSA) is 34.1 Å². The Hall–Kier alpha value is -0.540. The smallest absolute Gasteiger partial charge is 0.147 e. The van der Waals surface area contributed by atoms with Crippen LogP contribution in [0.2, 0.25) is 0 Å². The van der Waals surface area contributed by atoms with E-state index in [4.69, 9.17) is 11.6 Å². The van der Waals surface area contributed by atoms with E-state index in [1.165, 1.54) is 6.26 Å². The molecule has 0 aliphatic carbocycles. The van der Waals surface area contributed by atoms with Gasteiger partial charge < -0.3 is 0 Å². The van der Waals surface area contributed by atoms with E-state index in [0.717, 1.165) is 18.4 Å². The van der Waals surface area contributed by atoms with Gasteiger partial charge >= 0.3 is 0 Å². The first-order chi connectivity index (χ1) is 7.49. The highest BCUT2D eigenvalue weighted by Crippen LogP contribution is 2.25. The summed E-state index contributed by atoms with van der Waals surface area (Å²) in [6.07, 6.45) is 3.62. The Bertz CT molecular complexity index is 400. The second-order valence-corrected chi connectivity index (χ2v) is 6.79. The number of unbranched alkanes of at least 4 members (excludes halogenated alkanes) is 1. The third-order valence-electron chi connectivity index (χ3n) is 2.38. The molecule has 1 aromatic carbocycles. The van der Waals surface area contributed by atoms with Crippen molar-refractivity contribution in [1.82, 2.24) is 0 Å². The number of benzene rings is 1. The Labute approximate surface area is 103 Å². The summed E-state index contributed by atoms with van der Waals surface area (Å²) in [5.74, 6) is 0.255. The lowest BCUT2D eigenvalue weighted by Crippen LogP contribution is -2.03. The quantitative estimate of drug-likeness (QED) is 0.582. The summed E-state index contributed by atoms with van der Waals surface area (Å²) in [7, 11) is -2.83. The van der Waals surface area contributed by atoms with Gasteiger partial charge in [0.15, 0.2) is 0 Å². The van der Waals surface area contributed by atoms with Gasteiger partial charge in [-0.1, -0.05) is 36.8 Å². The molecule has 0 saturated carbocycles. The molecule has 1 unspecified atom stereocenters. The Balaban J connectivity index is 2.29. The molecule has 0 saturated heterocycles. The number of hydrogen-bond donors (Lipinski definition) is 0. The van der Waals surface area contributed by atoms with Crippen LogP contribution in [-0.4, -0.2) is 20.4 Å². The number of halogens is 1. The normalized spacial score (nSPS) is 13.6. The lowest BCUT2D eigenvalue weighted by molar-refractivity contribution is 0.594. The minimum atomic E-state index is -2.83. The van der Waals surface area contributed by atoms with Crippen LogP contribution in [0.3, 0.4) is 0 Å². The van der Waals surface area contributed by atoms with E-state index in [9.17, 15) is 8.42 Å². The minimum absolute atomic E-state index is 0.0132. The lowest BCUT2D eigenvalue weighted by Gasteiger charge is -2.08. The van der Waals surface area contributed by atoms with Gasteiger partial charge in [-0.25, -0.2) is 8.42 Å². The summed E-state index contributed by atoms with van der Waals surface area (Å²) >= 11 is 6.21. The molecule has 4 heteroatoms. The average molecular weight is 261 g/mol. The SMILES string of the molecule is CS(=O)(=O)CCCCC(Cl)c1ccccc1. The Morgan fingerprint density at radius 1 is 1.19 bits per heavy atom. The van der Waals surface area contributed by atoms with E-state index in [2.05, 4.69) is 0 Å². The van der Waals surface area contributed by atoms with Crippen LogP contribution in [0.15, 0.2) is 30.3 Å². The maximum atomic E-state index is 10.9. The van der Waals surface area contributed by atoms with Crippen LogP contribution < -0.4 is 0 Å². The van der Waals surface area contributed by atoms with Crippen LogP contribution in [0.5, 0.6) is 0 Å². The monoisotopic (exact) mass is 260 g/mol. The second-order valence-electron chi connectivity index (χ2n) is 4.00. The zero-order chi connectivity index (χ0) is 12.0. The highest BCUT2D eigenvalue weighted by atomic mass is 35.5. The summed E-state index contributed by atoms with van der Waals surface area (Å²) < 4.78 is 21.8. The number of hydrogen-bond acceptors (Lipinski definition) is 2. The van der Waals surface area contributed by atoms with Crippen molar-refractivity contribution < 1.29 is 8.42 Å². The molecular weight excluding hydrogens is 244 g/mol. The molecule has 1 rings (SSSR count). The molecule has 2 nitrogen and oxygen atoms in total. The van der Waals surface area contributed by atoms with Crippen molar-refractivity contribution in [2.75, 3.05) is 12.0 Å². The summed E-state index contributed by atoms with van der Waals surface area (Å²) in [6.45, 7) is 0. The summed E-state index contributed by atoms with van der Waals surface area (Å²) in [5.41, 5.74) is 1.10. The van der Waals surface area contributed by atoms with Crippen molar-refractivity contribution in [2.24, 2.45) is 0 Å². The molecule has 0 N–H and O–H groups in total. The molecule has 1 atom stereocenters. The van der Waals surface area contributed by atoms with E-state index in [1.807, 2.05) is 30.3 Å². The fraction of sp³-hybridized carbons (Fsp3) is 0.500. The summed E-state index contributed by atoms with van der Waals surface area (Å²) in [4.78, 5) is 0. The third kappa shape index (κ3) is 5.52. The fourth-order valence-corrected chi connectivity index (χ4v) is 2.54. The van der Waals surface area contributed by atoms with Gasteiger partial charge in [0.2, 0.25) is 0 Å². The number of alkyl halides is 1. The zero-order valence-corrected chi connectivity index (χ0v) is 11.0. The molecule has 0 fully saturated rings. The summed E-state index contributed by atoms with van der Waals surface area (Å²) in [6, 6.07) is 9.86. The van der Waals surface area contributed by atoms with Gasteiger partial charge in [-0.05, 0) is 18.4 Å². The molecule has 0 aromatic heterocycles. The number of sulfone groups is 1. The second kappa shape index (κ2) is 6.26. The minimum Gasteiger partial charge on any atom is -0.229 e. The Morgan fingerprint density at radius 2 is 1.81 bits per heavy atom. The van der Waals surface area contributed by atoms with Gasteiger partial charge in [0, 0.05) is 12.0 Å². The van der Waals surface area contributed by atoms with Crippen molar-refractivity contribution in [1.29, 1.82) is 0 Å². The highest BCUT2D eigenvalue weighted by molar-refractivity contribution is 7.90. The van der Waals surface area contributed by atoms with Crippen molar-refractivity contribution in [2.45, 2.75) is 24.6 Å². The van der Waals surface area contributed by atoms with Crippen LogP contribution in [0.4, 0.5) is 0 Å². The van der Waals surface area contributed by atoms with Gasteiger partial charge in [0.1, 0.15) is 9.84 Å². The number of rotatable bonds is 6. The van der Waals surface area contributed by atoms with E-state index < -0.39 is 9.84 Å². The van der Waals surface area contributed by atoms with Crippen molar-refractivity contribution in [3.8, 4) is 0 Å². The molecule has 0 aliphatic heterocycles. The van der Waals surface area contributed by atoms with E-state index in [1.54, 1.807) is 0 Å². The largest absolute Gasteiger partial charge is 0.229 e. The predicted molar refractivity (Wildman–Crippen MR) is 68.6 cm³/mol. The van der Waals surface area contributed by atoms with E-state index in [-0.39, 0.29) is 11.1 Å². The lowest BCUT2D eigenvalue weighted by atomic mass is 10.1. The molecular formula is C12H17ClO2S. The standard InChI is InChI=1S/C12H17ClO2S/c1-16(14,15)10-6-5-9-12(13)11-7-3-2-4-8-11/h2-4,7-8,12H,5-6,9-10H2,1H3. The fourth-order valence-electron chi connectivity index (χ4n) is 1.52. The van der Waals surface area contributed by atoms with Gasteiger partial charge in [0.05, 0.1) is 5.38 Å². The predicted octanol–water partition coefficient (Wildman–Crippen LogP) is 3.18. The maximum Gasteiger partial charge on any atom is 0.147 e. The zero-order valence-electron chi connectivity index (χ0n) is 9.40. The molecule has 90 valence electrons. The first-order valence-electron chi connectivity index (χ1n) is 5.36. The van der Waals surface area contributed by atoms with Gasteiger partial charge in [0.25, 0.3) is 0 Å². The molecule has 0 heterocycles. The molecule has 1 aromatic rings. The third-order valence-corrected chi connectivity index (χ3v) is 3.88. The van der Waals surface area contributed by atoms with Crippen molar-refractivity contribution in [3.63, 3.8) is 0 Å². The Morgan fingerprint density at radius 3 is 2.38 bits per heavy atom. The molecule has 0 amide bonds. The summed E-state index contributed by atoms with van der Waals surface area (Å²) in [5, 5.41) is -0.0132. The van der Waals surface area contributed by atoms with Crippen molar-refractivity contribution >= 4 is 21.4 Å². The molecule has 16 heavy (non-hydrogen) atoms. The molecule has 0 spiro atoms. The van der Waals surface area contributed by atoms with Crippen LogP contribution >= 0.6 is 11.6 Å². The molecule has 0 bridgehead atoms. The first-order valence-corrected chi connectivity index (χ1v) is 7.85. The molecule has 0 radical (unpaired) electrons. The van der Waals surface area contributed by atoms with E-state index >= 15 is 0 Å². The van der Waals surface area contributed by atoms with Gasteiger partial charge in [-0.15, -0.1) is 11.6 Å². The van der Waals surface area contributed by atoms with Crippen molar-refractivity contribution in [3.05, 3.63) is 35.9 Å². The Kier molecular flexibility index (Phi) is 5.29. The van der Waals surface area contributed by atoms with Gasteiger partial charge in [-0.2, -0.15) is 0 Å². The van der Waals surface area contributed by atoms with Crippen LogP contribution in [0.1, 0.15) is 30.2 Å². The average Bonchev–Trinajstić information content (AvgIpc) is 2.24. The maximum absolute atomic E-state index is 10.9. The first kappa shape index (κ1) is 13.5. The van der Waals surface area contributed by atoms with Crippen LogP contribution in [-0.2, 0) is 9.84 Å². The van der Waals surface area contributed by atoms with Crippen LogP contribution in [0.25, 0.3) is 0 Å². The van der Waals surface area contributed by atoms with Crippen LogP contribution in [0, 0.1) is 0 Å². The molecule has 0 aliphatic rings.